The van der Waals surface area contributed by atoms with Gasteiger partial charge in [-0.15, -0.1) is 5.10 Å². The van der Waals surface area contributed by atoms with Crippen LogP contribution in [0.25, 0.3) is 10.9 Å². The zero-order valence-electron chi connectivity index (χ0n) is 12.4. The molecule has 2 heterocycles. The number of nitrogens with zero attached hydrogens (tertiary/aromatic N) is 4. The topological polar surface area (TPSA) is 139 Å². The third kappa shape index (κ3) is 5.51. The molecule has 25 heavy (non-hydrogen) atoms. The van der Waals surface area contributed by atoms with Crippen LogP contribution in [0.3, 0.4) is 0 Å². The van der Waals surface area contributed by atoms with Gasteiger partial charge in [-0.1, -0.05) is 18.2 Å². The normalized spacial score (nSPS) is 9.64. The smallest absolute Gasteiger partial charge is 1.00 e. The number of nitrogens with one attached hydrogen (secondary N) is 1. The van der Waals surface area contributed by atoms with Crippen LogP contribution in [-0.2, 0) is 35.5 Å². The number of hydrogen-bond donors (Lipinski definition) is 2. The Morgan fingerprint density at radius 2 is 1.96 bits per heavy atom. The summed E-state index contributed by atoms with van der Waals surface area (Å²) >= 11 is 9.15. The molecule has 12 heteroatoms. The summed E-state index contributed by atoms with van der Waals surface area (Å²) in [4.78, 5) is 14.8. The van der Waals surface area contributed by atoms with Crippen LogP contribution in [0.5, 0.6) is 0 Å². The molecule has 0 fully saturated rings. The fourth-order valence-corrected chi connectivity index (χ4v) is 2.28. The molecule has 1 aromatic carbocycles. The van der Waals surface area contributed by atoms with E-state index in [1.165, 1.54) is 10.9 Å². The number of para-hydroxylation sites is 1. The fraction of sp³-hybridized carbons (Fsp3) is 0.0769. The van der Waals surface area contributed by atoms with Crippen molar-refractivity contribution in [3.63, 3.8) is 0 Å². The number of pyridine rings is 1. The second kappa shape index (κ2) is 11.2. The molecule has 5 N–H and O–H groups in total. The molecule has 0 unspecified atom stereocenters. The summed E-state index contributed by atoms with van der Waals surface area (Å²) < 4.78 is 1.39. The largest absolute Gasteiger partial charge is 2.00 e. The molecular weight excluding hydrogens is 437 g/mol. The van der Waals surface area contributed by atoms with Crippen LogP contribution in [0.2, 0.25) is 0 Å². The Kier molecular flexibility index (Phi) is 11.6. The van der Waals surface area contributed by atoms with Gasteiger partial charge in [-0.2, -0.15) is 22.8 Å². The molecule has 3 rings (SSSR count). The summed E-state index contributed by atoms with van der Waals surface area (Å²) in [7, 11) is 0. The maximum Gasteiger partial charge on any atom is 2.00 e. The van der Waals surface area contributed by atoms with Crippen LogP contribution in [0.1, 0.15) is 11.4 Å². The first-order valence-electron chi connectivity index (χ1n) is 6.07. The Bertz CT molecular complexity index is 903. The summed E-state index contributed by atoms with van der Waals surface area (Å²) in [6, 6.07) is 9.30. The maximum atomic E-state index is 12.0. The number of hydrogen-bond acceptors (Lipinski definition) is 6. The van der Waals surface area contributed by atoms with Gasteiger partial charge >= 0.3 is 17.1 Å². The average Bonchev–Trinajstić information content (AvgIpc) is 2.85. The van der Waals surface area contributed by atoms with Gasteiger partial charge in [-0.05, 0) is 17.5 Å². The number of thiol groups is 1. The van der Waals surface area contributed by atoms with Crippen molar-refractivity contribution in [2.45, 2.75) is 10.9 Å². The molecule has 0 saturated carbocycles. The molecule has 0 bridgehead atoms. The molecule has 8 nitrogen and oxygen atoms in total. The summed E-state index contributed by atoms with van der Waals surface area (Å²) in [5.41, 5.74) is 0.995. The number of rotatable bonds is 3. The van der Waals surface area contributed by atoms with E-state index in [0.717, 1.165) is 10.9 Å². The molecular formula is C13H14ClCuN5O3S2. The van der Waals surface area contributed by atoms with E-state index in [0.29, 0.717) is 17.1 Å². The van der Waals surface area contributed by atoms with Crippen LogP contribution in [0.4, 0.5) is 0 Å². The molecule has 2 aromatic heterocycles. The second-order valence-electron chi connectivity index (χ2n) is 4.25. The first-order chi connectivity index (χ1) is 10.2. The molecule has 1 radical (unpaired) electrons. The van der Waals surface area contributed by atoms with Gasteiger partial charge in [0.05, 0.1) is 17.5 Å². The number of halogens is 1. The van der Waals surface area contributed by atoms with Crippen molar-refractivity contribution in [3.8, 4) is 0 Å². The summed E-state index contributed by atoms with van der Waals surface area (Å²) in [5.74, 6) is 0.881. The number of aromatic nitrogens is 4. The van der Waals surface area contributed by atoms with Gasteiger partial charge in [0, 0.05) is 10.7 Å². The zero-order valence-corrected chi connectivity index (χ0v) is 15.8. The van der Waals surface area contributed by atoms with Gasteiger partial charge in [0.1, 0.15) is 0 Å². The minimum atomic E-state index is -0.219. The quantitative estimate of drug-likeness (QED) is 0.186. The van der Waals surface area contributed by atoms with E-state index in [1.807, 2.05) is 24.3 Å². The molecule has 139 valence electrons. The van der Waals surface area contributed by atoms with Gasteiger partial charge in [0.15, 0.2) is 5.82 Å². The second-order valence-corrected chi connectivity index (χ2v) is 4.94. The van der Waals surface area contributed by atoms with Gasteiger partial charge in [0.2, 0.25) is 0 Å². The Labute approximate surface area is 170 Å². The number of benzene rings is 1. The van der Waals surface area contributed by atoms with Gasteiger partial charge < -0.3 is 41.0 Å². The van der Waals surface area contributed by atoms with Crippen LogP contribution in [0.15, 0.2) is 45.4 Å². The monoisotopic (exact) mass is 450 g/mol. The van der Waals surface area contributed by atoms with E-state index in [-0.39, 0.29) is 51.1 Å². The van der Waals surface area contributed by atoms with E-state index in [1.54, 1.807) is 6.07 Å². The van der Waals surface area contributed by atoms with Gasteiger partial charge in [0.25, 0.3) is 5.56 Å². The minimum absolute atomic E-state index is 0. The number of aromatic amines is 1. The van der Waals surface area contributed by atoms with Crippen molar-refractivity contribution in [2.75, 3.05) is 0 Å². The molecule has 0 aliphatic heterocycles. The van der Waals surface area contributed by atoms with Crippen molar-refractivity contribution < 1.29 is 40.4 Å². The Balaban J connectivity index is 0. The van der Waals surface area contributed by atoms with E-state index >= 15 is 0 Å². The van der Waals surface area contributed by atoms with Crippen molar-refractivity contribution in [3.05, 3.63) is 52.1 Å². The standard InChI is InChI=1S/C13H11N5OS2.ClH.Cu.2H2O/c19-12-9(5-8-3-1-2-4-10(8)15-12)6-14-18-11(7-20)16-17-13(18)21;;;;/h1-6,20H,7H2,(H,15,19)(H,17,21);1H;;2*1H2/q;;+2;;/p-2/b14-6+;;;;. The van der Waals surface area contributed by atoms with E-state index < -0.39 is 0 Å². The van der Waals surface area contributed by atoms with Crippen LogP contribution in [-0.4, -0.2) is 37.0 Å². The summed E-state index contributed by atoms with van der Waals surface area (Å²) in [6.45, 7) is 0. The Hall–Kier alpha value is -1.46. The molecule has 0 amide bonds. The van der Waals surface area contributed by atoms with E-state index in [9.17, 15) is 4.79 Å². The van der Waals surface area contributed by atoms with Crippen LogP contribution < -0.4 is 18.0 Å². The van der Waals surface area contributed by atoms with Crippen molar-refractivity contribution in [1.82, 2.24) is 19.9 Å². The molecule has 0 spiro atoms. The third-order valence-electron chi connectivity index (χ3n) is 2.91. The minimum Gasteiger partial charge on any atom is -1.00 e. The van der Waals surface area contributed by atoms with Crippen LogP contribution >= 0.6 is 12.6 Å². The average molecular weight is 451 g/mol. The summed E-state index contributed by atoms with van der Waals surface area (Å²) in [5, 5.41) is 12.9. The third-order valence-corrected chi connectivity index (χ3v) is 3.45. The fourth-order valence-electron chi connectivity index (χ4n) is 1.89. The van der Waals surface area contributed by atoms with Crippen LogP contribution in [0, 0.1) is 0 Å². The maximum absolute atomic E-state index is 12.0. The predicted molar refractivity (Wildman–Crippen MR) is 93.1 cm³/mol. The van der Waals surface area contributed by atoms with E-state index in [4.69, 9.17) is 12.6 Å². The first kappa shape index (κ1) is 25.8. The predicted octanol–water partition coefficient (Wildman–Crippen LogP) is -3.31. The molecule has 0 atom stereocenters. The van der Waals surface area contributed by atoms with Crippen molar-refractivity contribution in [2.24, 2.45) is 5.10 Å². The van der Waals surface area contributed by atoms with Gasteiger partial charge in [-0.25, -0.2) is 4.68 Å². The van der Waals surface area contributed by atoms with Crippen molar-refractivity contribution >= 4 is 42.4 Å². The molecule has 0 aliphatic rings. The SMILES string of the molecule is O.O.O=c1[nH]c2ccccc2cc1/C=N/n1c([S-])nnc1CS.[Cl-].[Cu+2]. The molecule has 0 saturated heterocycles. The van der Waals surface area contributed by atoms with Gasteiger partial charge in [-0.3, -0.25) is 4.79 Å². The number of H-pyrrole nitrogens is 1. The molecule has 0 aliphatic carbocycles. The Morgan fingerprint density at radius 1 is 1.28 bits per heavy atom. The van der Waals surface area contributed by atoms with E-state index in [2.05, 4.69) is 32.9 Å². The number of fused-ring (bicyclic) bond motifs is 1. The zero-order chi connectivity index (χ0) is 14.8. The Morgan fingerprint density at radius 3 is 2.64 bits per heavy atom. The van der Waals surface area contributed by atoms with Crippen molar-refractivity contribution in [1.29, 1.82) is 0 Å². The first-order valence-corrected chi connectivity index (χ1v) is 7.11. The molecule has 3 aromatic rings. The summed E-state index contributed by atoms with van der Waals surface area (Å²) in [6.07, 6.45) is 1.44.